The minimum absolute atomic E-state index is 0.0634. The van der Waals surface area contributed by atoms with Gasteiger partial charge < -0.3 is 30.6 Å². The highest BCUT2D eigenvalue weighted by atomic mass is 16.6. The van der Waals surface area contributed by atoms with Gasteiger partial charge in [-0.1, -0.05) is 36.4 Å². The summed E-state index contributed by atoms with van der Waals surface area (Å²) in [6, 6.07) is 16.3. The topological polar surface area (TPSA) is 173 Å². The van der Waals surface area contributed by atoms with E-state index in [-0.39, 0.29) is 12.4 Å². The van der Waals surface area contributed by atoms with Gasteiger partial charge in [-0.25, -0.2) is 29.3 Å². The standard InChI is InChI=1S/C26H25N7O6/c1-28-26(36)29-12-17-19(38-24(34)15-8-4-2-5-9-15)20(39-25(35)16-10-6-3-7-11-16)23(37-17)33-14-32-18-21(27)30-13-31-22(18)33/h2-11,13-14,17,19-20,23H,12H2,1H3,(H2,27,30,31)(H2,28,29,36)/t17-,19-,20-,23-/m1/s1. The van der Waals surface area contributed by atoms with E-state index >= 15 is 0 Å². The average molecular weight is 532 g/mol. The van der Waals surface area contributed by atoms with Crippen LogP contribution in [0.1, 0.15) is 26.9 Å². The van der Waals surface area contributed by atoms with Crippen LogP contribution in [0.15, 0.2) is 73.3 Å². The number of benzene rings is 2. The van der Waals surface area contributed by atoms with Crippen molar-refractivity contribution in [2.75, 3.05) is 19.3 Å². The number of urea groups is 1. The molecule has 4 atom stereocenters. The van der Waals surface area contributed by atoms with Gasteiger partial charge in [0, 0.05) is 13.6 Å². The first kappa shape index (κ1) is 25.6. The highest BCUT2D eigenvalue weighted by molar-refractivity contribution is 5.90. The Hall–Kier alpha value is -5.04. The number of hydrogen-bond acceptors (Lipinski definition) is 10. The van der Waals surface area contributed by atoms with Gasteiger partial charge in [-0.15, -0.1) is 0 Å². The van der Waals surface area contributed by atoms with Gasteiger partial charge in [0.05, 0.1) is 17.5 Å². The van der Waals surface area contributed by atoms with Crippen molar-refractivity contribution in [3.63, 3.8) is 0 Å². The van der Waals surface area contributed by atoms with Gasteiger partial charge in [-0.2, -0.15) is 0 Å². The van der Waals surface area contributed by atoms with E-state index in [1.54, 1.807) is 60.7 Å². The largest absolute Gasteiger partial charge is 0.452 e. The molecule has 1 aliphatic heterocycles. The van der Waals surface area contributed by atoms with Crippen LogP contribution >= 0.6 is 0 Å². The second-order valence-corrected chi connectivity index (χ2v) is 8.58. The number of nitrogens with one attached hydrogen (secondary N) is 2. The number of fused-ring (bicyclic) bond motifs is 1. The quantitative estimate of drug-likeness (QED) is 0.298. The van der Waals surface area contributed by atoms with Crippen molar-refractivity contribution in [1.29, 1.82) is 0 Å². The number of esters is 2. The molecule has 2 amide bonds. The predicted octanol–water partition coefficient (Wildman–Crippen LogP) is 1.69. The molecular weight excluding hydrogens is 506 g/mol. The van der Waals surface area contributed by atoms with Crippen LogP contribution in [0.2, 0.25) is 0 Å². The third kappa shape index (κ3) is 5.33. The molecule has 1 aliphatic rings. The van der Waals surface area contributed by atoms with E-state index in [1.807, 2.05) is 0 Å². The molecule has 5 rings (SSSR count). The summed E-state index contributed by atoms with van der Waals surface area (Å²) in [5.74, 6) is -1.16. The van der Waals surface area contributed by atoms with Crippen molar-refractivity contribution in [3.8, 4) is 0 Å². The number of anilines is 1. The first-order valence-electron chi connectivity index (χ1n) is 12.0. The van der Waals surface area contributed by atoms with Crippen molar-refractivity contribution in [2.45, 2.75) is 24.5 Å². The average Bonchev–Trinajstić information content (AvgIpc) is 3.54. The lowest BCUT2D eigenvalue weighted by Crippen LogP contribution is -2.45. The van der Waals surface area contributed by atoms with Crippen molar-refractivity contribution in [1.82, 2.24) is 30.2 Å². The van der Waals surface area contributed by atoms with E-state index in [2.05, 4.69) is 25.6 Å². The highest BCUT2D eigenvalue weighted by Crippen LogP contribution is 2.36. The van der Waals surface area contributed by atoms with Crippen LogP contribution in [0.3, 0.4) is 0 Å². The molecule has 0 radical (unpaired) electrons. The summed E-state index contributed by atoms with van der Waals surface area (Å²) in [6.45, 7) is -0.0634. The minimum Gasteiger partial charge on any atom is -0.452 e. The van der Waals surface area contributed by atoms with Crippen LogP contribution in [0.5, 0.6) is 0 Å². The van der Waals surface area contributed by atoms with E-state index in [4.69, 9.17) is 19.9 Å². The second kappa shape index (κ2) is 11.1. The van der Waals surface area contributed by atoms with Crippen molar-refractivity contribution >= 4 is 35.0 Å². The SMILES string of the molecule is CNC(=O)NC[C@H]1O[C@@H](n2cnc3c(N)ncnc32)[C@H](OC(=O)c2ccccc2)[C@@H]1OC(=O)c1ccccc1. The lowest BCUT2D eigenvalue weighted by Gasteiger charge is -2.25. The third-order valence-electron chi connectivity index (χ3n) is 6.14. The molecule has 13 heteroatoms. The summed E-state index contributed by atoms with van der Waals surface area (Å²) in [4.78, 5) is 50.8. The number of nitrogens with two attached hydrogens (primary N) is 1. The van der Waals surface area contributed by atoms with Gasteiger partial charge in [0.15, 0.2) is 29.9 Å². The van der Waals surface area contributed by atoms with Crippen molar-refractivity contribution in [3.05, 3.63) is 84.4 Å². The summed E-state index contributed by atoms with van der Waals surface area (Å²) in [5, 5.41) is 5.12. The molecule has 4 aromatic rings. The smallest absolute Gasteiger partial charge is 0.338 e. The molecule has 13 nitrogen and oxygen atoms in total. The Labute approximate surface area is 222 Å². The van der Waals surface area contributed by atoms with E-state index < -0.39 is 42.5 Å². The number of imidazole rings is 1. The zero-order chi connectivity index (χ0) is 27.4. The molecule has 0 aliphatic carbocycles. The third-order valence-corrected chi connectivity index (χ3v) is 6.14. The molecule has 1 fully saturated rings. The first-order valence-corrected chi connectivity index (χ1v) is 12.0. The second-order valence-electron chi connectivity index (χ2n) is 8.58. The van der Waals surface area contributed by atoms with Gasteiger partial charge in [0.2, 0.25) is 0 Å². The Balaban J connectivity index is 1.54. The molecule has 0 bridgehead atoms. The van der Waals surface area contributed by atoms with Gasteiger partial charge >= 0.3 is 18.0 Å². The summed E-state index contributed by atoms with van der Waals surface area (Å²) >= 11 is 0. The zero-order valence-electron chi connectivity index (χ0n) is 20.8. The molecule has 2 aromatic heterocycles. The molecule has 0 unspecified atom stereocenters. The Bertz CT molecular complexity index is 1480. The fourth-order valence-corrected chi connectivity index (χ4v) is 4.23. The first-order chi connectivity index (χ1) is 19.0. The normalized spacial score (nSPS) is 20.3. The van der Waals surface area contributed by atoms with Crippen LogP contribution in [-0.4, -0.2) is 69.4 Å². The molecule has 200 valence electrons. The number of carbonyl (C=O) groups excluding carboxylic acids is 3. The van der Waals surface area contributed by atoms with Gasteiger partial charge in [0.1, 0.15) is 17.9 Å². The van der Waals surface area contributed by atoms with Crippen LogP contribution in [0, 0.1) is 0 Å². The van der Waals surface area contributed by atoms with Crippen LogP contribution in [0.4, 0.5) is 10.6 Å². The number of amides is 2. The maximum absolute atomic E-state index is 13.2. The molecule has 1 saturated heterocycles. The zero-order valence-corrected chi connectivity index (χ0v) is 20.8. The minimum atomic E-state index is -1.16. The van der Waals surface area contributed by atoms with Gasteiger partial charge in [0.25, 0.3) is 0 Å². The summed E-state index contributed by atoms with van der Waals surface area (Å²) in [6.07, 6.45) is -1.53. The fourth-order valence-electron chi connectivity index (χ4n) is 4.23. The van der Waals surface area contributed by atoms with Gasteiger partial charge in [-0.05, 0) is 24.3 Å². The maximum Gasteiger partial charge on any atom is 0.338 e. The van der Waals surface area contributed by atoms with E-state index in [1.165, 1.54) is 24.3 Å². The summed E-state index contributed by atoms with van der Waals surface area (Å²) in [7, 11) is 1.47. The molecule has 0 spiro atoms. The molecule has 3 heterocycles. The fraction of sp³-hybridized carbons (Fsp3) is 0.231. The summed E-state index contributed by atoms with van der Waals surface area (Å²) < 4.78 is 19.6. The Kier molecular flexibility index (Phi) is 7.32. The monoisotopic (exact) mass is 531 g/mol. The number of nitrogens with zero attached hydrogens (tertiary/aromatic N) is 4. The Morgan fingerprint density at radius 1 is 0.923 bits per heavy atom. The number of hydrogen-bond donors (Lipinski definition) is 3. The van der Waals surface area contributed by atoms with Crippen molar-refractivity contribution < 1.29 is 28.6 Å². The number of rotatable bonds is 7. The lowest BCUT2D eigenvalue weighted by atomic mass is 10.1. The summed E-state index contributed by atoms with van der Waals surface area (Å²) in [5.41, 5.74) is 7.19. The Morgan fingerprint density at radius 3 is 2.15 bits per heavy atom. The van der Waals surface area contributed by atoms with Gasteiger partial charge in [-0.3, -0.25) is 4.57 Å². The molecule has 39 heavy (non-hydrogen) atoms. The number of nitrogen functional groups attached to an aromatic ring is 1. The maximum atomic E-state index is 13.2. The van der Waals surface area contributed by atoms with E-state index in [9.17, 15) is 14.4 Å². The number of ether oxygens (including phenoxy) is 3. The van der Waals surface area contributed by atoms with E-state index in [0.29, 0.717) is 22.3 Å². The van der Waals surface area contributed by atoms with Crippen LogP contribution in [-0.2, 0) is 14.2 Å². The van der Waals surface area contributed by atoms with Crippen LogP contribution < -0.4 is 16.4 Å². The van der Waals surface area contributed by atoms with E-state index in [0.717, 1.165) is 0 Å². The van der Waals surface area contributed by atoms with Crippen LogP contribution in [0.25, 0.3) is 11.2 Å². The number of carbonyl (C=O) groups is 3. The number of aromatic nitrogens is 4. The molecule has 0 saturated carbocycles. The van der Waals surface area contributed by atoms with Crippen molar-refractivity contribution in [2.24, 2.45) is 0 Å². The highest BCUT2D eigenvalue weighted by Gasteiger charge is 2.51. The predicted molar refractivity (Wildman–Crippen MR) is 137 cm³/mol. The molecular formula is C26H25N7O6. The molecule has 4 N–H and O–H groups in total. The Morgan fingerprint density at radius 2 is 1.54 bits per heavy atom. The molecule has 2 aromatic carbocycles. The lowest BCUT2D eigenvalue weighted by molar-refractivity contribution is -0.0484.